The molecule has 0 radical (unpaired) electrons. The summed E-state index contributed by atoms with van der Waals surface area (Å²) in [5.41, 5.74) is 3.08. The molecule has 4 aromatic rings. The highest BCUT2D eigenvalue weighted by Crippen LogP contribution is 2.28. The van der Waals surface area contributed by atoms with Crippen molar-refractivity contribution < 1.29 is 4.79 Å². The fraction of sp³-hybridized carbons (Fsp3) is 0.0909. The van der Waals surface area contributed by atoms with Crippen LogP contribution in [0.4, 0.5) is 0 Å². The van der Waals surface area contributed by atoms with Crippen LogP contribution in [0.5, 0.6) is 0 Å². The Labute approximate surface area is 172 Å². The Balaban J connectivity index is 1.61. The number of thiophene rings is 1. The van der Waals surface area contributed by atoms with Crippen molar-refractivity contribution in [2.24, 2.45) is 0 Å². The first kappa shape index (κ1) is 18.5. The van der Waals surface area contributed by atoms with E-state index >= 15 is 0 Å². The van der Waals surface area contributed by atoms with Crippen molar-refractivity contribution in [3.8, 4) is 16.3 Å². The summed E-state index contributed by atoms with van der Waals surface area (Å²) in [7, 11) is 0. The topological polar surface area (TPSA) is 46.9 Å². The first-order valence-electron chi connectivity index (χ1n) is 8.93. The molecule has 0 spiro atoms. The molecular formula is C22H18ClN3OS. The average Bonchev–Trinajstić information content (AvgIpc) is 3.39. The standard InChI is InChI=1S/C22H18ClN3OS/c23-17-9-4-5-10-19(17)26-20(15-18(25-26)21-11-6-14-28-21)22(27)24-13-12-16-7-2-1-3-8-16/h1-11,14-15H,12-13H2,(H,24,27). The molecule has 0 unspecified atom stereocenters. The normalized spacial score (nSPS) is 10.8. The van der Waals surface area contributed by atoms with Crippen LogP contribution in [-0.2, 0) is 6.42 Å². The Morgan fingerprint density at radius 1 is 1.04 bits per heavy atom. The van der Waals surface area contributed by atoms with Gasteiger partial charge in [-0.05, 0) is 41.6 Å². The highest BCUT2D eigenvalue weighted by molar-refractivity contribution is 7.13. The minimum Gasteiger partial charge on any atom is -0.350 e. The van der Waals surface area contributed by atoms with Crippen LogP contribution in [-0.4, -0.2) is 22.2 Å². The van der Waals surface area contributed by atoms with Gasteiger partial charge in [0.1, 0.15) is 11.4 Å². The minimum absolute atomic E-state index is 0.175. The summed E-state index contributed by atoms with van der Waals surface area (Å²) in [4.78, 5) is 13.9. The van der Waals surface area contributed by atoms with E-state index in [1.54, 1.807) is 22.1 Å². The second kappa shape index (κ2) is 8.42. The van der Waals surface area contributed by atoms with Crippen LogP contribution in [0.2, 0.25) is 5.02 Å². The van der Waals surface area contributed by atoms with Gasteiger partial charge in [-0.25, -0.2) is 4.68 Å². The SMILES string of the molecule is O=C(NCCc1ccccc1)c1cc(-c2cccs2)nn1-c1ccccc1Cl. The molecule has 0 aliphatic rings. The maximum absolute atomic E-state index is 12.9. The van der Waals surface area contributed by atoms with E-state index in [1.165, 1.54) is 5.56 Å². The third-order valence-electron chi connectivity index (χ3n) is 4.34. The third-order valence-corrected chi connectivity index (χ3v) is 5.55. The molecule has 1 amide bonds. The Morgan fingerprint density at radius 3 is 2.57 bits per heavy atom. The largest absolute Gasteiger partial charge is 0.350 e. The lowest BCUT2D eigenvalue weighted by atomic mass is 10.1. The van der Waals surface area contributed by atoms with Crippen molar-refractivity contribution in [2.75, 3.05) is 6.54 Å². The van der Waals surface area contributed by atoms with Crippen molar-refractivity contribution >= 4 is 28.8 Å². The van der Waals surface area contributed by atoms with Gasteiger partial charge in [0.15, 0.2) is 0 Å². The Hall–Kier alpha value is -2.89. The van der Waals surface area contributed by atoms with Crippen LogP contribution in [0.15, 0.2) is 78.2 Å². The van der Waals surface area contributed by atoms with E-state index in [0.29, 0.717) is 22.9 Å². The number of nitrogens with one attached hydrogen (secondary N) is 1. The van der Waals surface area contributed by atoms with E-state index in [4.69, 9.17) is 11.6 Å². The molecule has 0 saturated heterocycles. The van der Waals surface area contributed by atoms with E-state index in [-0.39, 0.29) is 5.91 Å². The van der Waals surface area contributed by atoms with Crippen LogP contribution in [0.25, 0.3) is 16.3 Å². The van der Waals surface area contributed by atoms with Crippen molar-refractivity contribution in [2.45, 2.75) is 6.42 Å². The molecule has 140 valence electrons. The van der Waals surface area contributed by atoms with E-state index < -0.39 is 0 Å². The molecule has 2 aromatic carbocycles. The lowest BCUT2D eigenvalue weighted by Crippen LogP contribution is -2.27. The van der Waals surface area contributed by atoms with E-state index in [0.717, 1.165) is 17.0 Å². The molecule has 6 heteroatoms. The number of carbonyl (C=O) groups is 1. The number of hydrogen-bond donors (Lipinski definition) is 1. The summed E-state index contributed by atoms with van der Waals surface area (Å²) in [6.07, 6.45) is 0.768. The second-order valence-electron chi connectivity index (χ2n) is 6.25. The van der Waals surface area contributed by atoms with Gasteiger partial charge in [-0.15, -0.1) is 11.3 Å². The second-order valence-corrected chi connectivity index (χ2v) is 7.60. The summed E-state index contributed by atoms with van der Waals surface area (Å²) < 4.78 is 1.62. The Bertz CT molecular complexity index is 1070. The zero-order valence-electron chi connectivity index (χ0n) is 15.0. The maximum Gasteiger partial charge on any atom is 0.270 e. The van der Waals surface area contributed by atoms with Crippen molar-refractivity contribution in [1.29, 1.82) is 0 Å². The van der Waals surface area contributed by atoms with Gasteiger partial charge in [0.25, 0.3) is 5.91 Å². The molecular weight excluding hydrogens is 390 g/mol. The summed E-state index contributed by atoms with van der Waals surface area (Å²) in [5.74, 6) is -0.175. The quantitative estimate of drug-likeness (QED) is 0.476. The van der Waals surface area contributed by atoms with Gasteiger partial charge in [-0.1, -0.05) is 60.1 Å². The number of para-hydroxylation sites is 1. The molecule has 0 aliphatic heterocycles. The van der Waals surface area contributed by atoms with Crippen LogP contribution in [0.1, 0.15) is 16.1 Å². The average molecular weight is 408 g/mol. The number of aromatic nitrogens is 2. The summed E-state index contributed by atoms with van der Waals surface area (Å²) in [6, 6.07) is 23.2. The zero-order chi connectivity index (χ0) is 19.3. The van der Waals surface area contributed by atoms with Gasteiger partial charge in [0.2, 0.25) is 0 Å². The van der Waals surface area contributed by atoms with Crippen LogP contribution in [0, 0.1) is 0 Å². The molecule has 0 bridgehead atoms. The Morgan fingerprint density at radius 2 is 1.82 bits per heavy atom. The predicted octanol–water partition coefficient (Wildman–Crippen LogP) is 5.23. The lowest BCUT2D eigenvalue weighted by Gasteiger charge is -2.09. The predicted molar refractivity (Wildman–Crippen MR) is 114 cm³/mol. The summed E-state index contributed by atoms with van der Waals surface area (Å²) in [6.45, 7) is 0.547. The first-order valence-corrected chi connectivity index (χ1v) is 10.2. The monoisotopic (exact) mass is 407 g/mol. The number of halogens is 1. The molecule has 0 aliphatic carbocycles. The first-order chi connectivity index (χ1) is 13.7. The number of hydrogen-bond acceptors (Lipinski definition) is 3. The molecule has 0 fully saturated rings. The third kappa shape index (κ3) is 4.01. The highest BCUT2D eigenvalue weighted by atomic mass is 35.5. The minimum atomic E-state index is -0.175. The number of carbonyl (C=O) groups excluding carboxylic acids is 1. The van der Waals surface area contributed by atoms with Gasteiger partial charge in [0, 0.05) is 6.54 Å². The maximum atomic E-state index is 12.9. The van der Waals surface area contributed by atoms with Crippen molar-refractivity contribution in [3.05, 3.63) is 94.5 Å². The number of rotatable bonds is 6. The van der Waals surface area contributed by atoms with Gasteiger partial charge in [-0.3, -0.25) is 4.79 Å². The molecule has 4 rings (SSSR count). The number of nitrogens with zero attached hydrogens (tertiary/aromatic N) is 2. The molecule has 4 nitrogen and oxygen atoms in total. The molecule has 28 heavy (non-hydrogen) atoms. The van der Waals surface area contributed by atoms with Crippen LogP contribution >= 0.6 is 22.9 Å². The fourth-order valence-electron chi connectivity index (χ4n) is 2.95. The van der Waals surface area contributed by atoms with Gasteiger partial charge < -0.3 is 5.32 Å². The van der Waals surface area contributed by atoms with Gasteiger partial charge >= 0.3 is 0 Å². The highest BCUT2D eigenvalue weighted by Gasteiger charge is 2.19. The summed E-state index contributed by atoms with van der Waals surface area (Å²) >= 11 is 7.95. The Kier molecular flexibility index (Phi) is 5.55. The molecule has 0 saturated carbocycles. The van der Waals surface area contributed by atoms with E-state index in [1.807, 2.05) is 60.0 Å². The summed E-state index contributed by atoms with van der Waals surface area (Å²) in [5, 5.41) is 10.2. The molecule has 1 N–H and O–H groups in total. The molecule has 2 aromatic heterocycles. The smallest absolute Gasteiger partial charge is 0.270 e. The molecule has 2 heterocycles. The fourth-order valence-corrected chi connectivity index (χ4v) is 3.85. The van der Waals surface area contributed by atoms with Gasteiger partial charge in [0.05, 0.1) is 15.6 Å². The van der Waals surface area contributed by atoms with Crippen LogP contribution in [0.3, 0.4) is 0 Å². The van der Waals surface area contributed by atoms with Crippen LogP contribution < -0.4 is 5.32 Å². The van der Waals surface area contributed by atoms with Gasteiger partial charge in [-0.2, -0.15) is 5.10 Å². The lowest BCUT2D eigenvalue weighted by molar-refractivity contribution is 0.0946. The van der Waals surface area contributed by atoms with Crippen molar-refractivity contribution in [3.63, 3.8) is 0 Å². The number of amides is 1. The van der Waals surface area contributed by atoms with E-state index in [9.17, 15) is 4.79 Å². The van der Waals surface area contributed by atoms with E-state index in [2.05, 4.69) is 22.5 Å². The zero-order valence-corrected chi connectivity index (χ0v) is 16.6. The van der Waals surface area contributed by atoms with Crippen molar-refractivity contribution in [1.82, 2.24) is 15.1 Å². The number of benzene rings is 2. The molecule has 0 atom stereocenters.